The van der Waals surface area contributed by atoms with Gasteiger partial charge in [0.25, 0.3) is 0 Å². The van der Waals surface area contributed by atoms with E-state index in [4.69, 9.17) is 4.74 Å². The van der Waals surface area contributed by atoms with Crippen molar-refractivity contribution in [3.05, 3.63) is 64.9 Å². The van der Waals surface area contributed by atoms with Gasteiger partial charge >= 0.3 is 5.97 Å². The number of pyridine rings is 1. The number of aryl methyl sites for hydroxylation is 1. The Hall–Kier alpha value is -2.67. The largest absolute Gasteiger partial charge is 0.454 e. The molecule has 0 radical (unpaired) electrons. The van der Waals surface area contributed by atoms with Gasteiger partial charge in [-0.2, -0.15) is 5.10 Å². The van der Waals surface area contributed by atoms with Crippen LogP contribution in [0.25, 0.3) is 11.3 Å². The van der Waals surface area contributed by atoms with Gasteiger partial charge in [0.1, 0.15) is 17.6 Å². The molecule has 3 aromatic rings. The Morgan fingerprint density at radius 1 is 1.19 bits per heavy atom. The number of esters is 1. The van der Waals surface area contributed by atoms with Crippen LogP contribution in [0.4, 0.5) is 5.82 Å². The van der Waals surface area contributed by atoms with Gasteiger partial charge in [-0.15, -0.1) is 0 Å². The summed E-state index contributed by atoms with van der Waals surface area (Å²) in [5, 5.41) is 4.41. The number of halogens is 1. The Balaban J connectivity index is 1.39. The van der Waals surface area contributed by atoms with Gasteiger partial charge in [0.2, 0.25) is 0 Å². The van der Waals surface area contributed by atoms with Crippen LogP contribution in [-0.2, 0) is 11.8 Å². The summed E-state index contributed by atoms with van der Waals surface area (Å²) >= 11 is 3.37. The summed E-state index contributed by atoms with van der Waals surface area (Å²) in [7, 11) is 1.75. The normalized spacial score (nSPS) is 14.2. The second kappa shape index (κ2) is 6.92. The number of ether oxygens (including phenoxy) is 1. The summed E-state index contributed by atoms with van der Waals surface area (Å²) in [5.41, 5.74) is 2.18. The van der Waals surface area contributed by atoms with Gasteiger partial charge in [0.15, 0.2) is 0 Å². The number of hydrogen-bond donors (Lipinski definition) is 0. The Kier molecular flexibility index (Phi) is 4.46. The van der Waals surface area contributed by atoms with Crippen LogP contribution in [0.15, 0.2) is 59.2 Å². The summed E-state index contributed by atoms with van der Waals surface area (Å²) in [6.07, 6.45) is 1.62. The number of carbonyl (C=O) groups excluding carboxylic acids is 1. The van der Waals surface area contributed by atoms with E-state index in [2.05, 4.69) is 30.9 Å². The minimum Gasteiger partial charge on any atom is -0.454 e. The fraction of sp³-hybridized carbons (Fsp3) is 0.211. The molecule has 1 saturated heterocycles. The first-order chi connectivity index (χ1) is 12.6. The van der Waals surface area contributed by atoms with Gasteiger partial charge in [0, 0.05) is 23.3 Å². The lowest BCUT2D eigenvalue weighted by atomic mass is 10.1. The summed E-state index contributed by atoms with van der Waals surface area (Å²) in [5.74, 6) is 0.531. The van der Waals surface area contributed by atoms with Crippen LogP contribution in [0.1, 0.15) is 10.5 Å². The molecule has 0 N–H and O–H groups in total. The highest BCUT2D eigenvalue weighted by Gasteiger charge is 2.32. The minimum absolute atomic E-state index is 0.136. The number of aromatic nitrogens is 3. The zero-order valence-corrected chi connectivity index (χ0v) is 15.8. The van der Waals surface area contributed by atoms with Gasteiger partial charge in [-0.1, -0.05) is 30.3 Å². The molecule has 0 saturated carbocycles. The molecule has 0 atom stereocenters. The number of anilines is 1. The van der Waals surface area contributed by atoms with Gasteiger partial charge in [-0.3, -0.25) is 4.68 Å². The van der Waals surface area contributed by atoms with Crippen molar-refractivity contribution < 1.29 is 9.53 Å². The summed E-state index contributed by atoms with van der Waals surface area (Å²) < 4.78 is 8.11. The lowest BCUT2D eigenvalue weighted by Crippen LogP contribution is -2.53. The summed E-state index contributed by atoms with van der Waals surface area (Å²) in [6, 6.07) is 15.4. The van der Waals surface area contributed by atoms with Crippen LogP contribution in [0.5, 0.6) is 0 Å². The van der Waals surface area contributed by atoms with Crippen LogP contribution in [0.3, 0.4) is 0 Å². The molecule has 0 unspecified atom stereocenters. The third-order valence-corrected chi connectivity index (χ3v) is 4.79. The molecule has 132 valence electrons. The van der Waals surface area contributed by atoms with E-state index in [9.17, 15) is 4.79 Å². The lowest BCUT2D eigenvalue weighted by molar-refractivity contribution is 0.0220. The third kappa shape index (κ3) is 3.35. The third-order valence-electron chi connectivity index (χ3n) is 4.32. The van der Waals surface area contributed by atoms with Crippen molar-refractivity contribution in [2.45, 2.75) is 6.10 Å². The molecule has 0 amide bonds. The van der Waals surface area contributed by atoms with E-state index in [1.54, 1.807) is 24.0 Å². The molecule has 0 aliphatic carbocycles. The number of rotatable bonds is 4. The number of carbonyl (C=O) groups is 1. The zero-order chi connectivity index (χ0) is 18.1. The summed E-state index contributed by atoms with van der Waals surface area (Å²) in [6.45, 7) is 1.29. The van der Waals surface area contributed by atoms with Crippen molar-refractivity contribution in [3.8, 4) is 11.3 Å². The first-order valence-electron chi connectivity index (χ1n) is 8.27. The average Bonchev–Trinajstić information content (AvgIpc) is 3.01. The Morgan fingerprint density at radius 2 is 1.96 bits per heavy atom. The quantitative estimate of drug-likeness (QED) is 0.615. The van der Waals surface area contributed by atoms with E-state index in [-0.39, 0.29) is 12.1 Å². The fourth-order valence-electron chi connectivity index (χ4n) is 2.87. The van der Waals surface area contributed by atoms with E-state index >= 15 is 0 Å². The Bertz CT molecular complexity index is 918. The highest BCUT2D eigenvalue weighted by molar-refractivity contribution is 9.10. The van der Waals surface area contributed by atoms with Crippen LogP contribution >= 0.6 is 15.9 Å². The molecule has 1 aliphatic heterocycles. The molecule has 7 heteroatoms. The van der Waals surface area contributed by atoms with Crippen molar-refractivity contribution >= 4 is 27.7 Å². The standard InChI is InChI=1S/C19H17BrN4O2/c1-23-17(9-16(22-23)13-5-3-2-4-6-13)19(25)26-15-11-24(12-15)18-8-7-14(20)10-21-18/h2-10,15H,11-12H2,1H3. The topological polar surface area (TPSA) is 60.3 Å². The van der Waals surface area contributed by atoms with Gasteiger partial charge in [-0.05, 0) is 34.1 Å². The van der Waals surface area contributed by atoms with Crippen LogP contribution in [-0.4, -0.2) is 39.9 Å². The zero-order valence-electron chi connectivity index (χ0n) is 14.2. The van der Waals surface area contributed by atoms with E-state index in [0.29, 0.717) is 18.8 Å². The minimum atomic E-state index is -0.351. The van der Waals surface area contributed by atoms with E-state index in [1.165, 1.54) is 0 Å². The molecule has 1 aromatic carbocycles. The number of hydrogen-bond acceptors (Lipinski definition) is 5. The van der Waals surface area contributed by atoms with Crippen molar-refractivity contribution in [3.63, 3.8) is 0 Å². The molecular weight excluding hydrogens is 396 g/mol. The van der Waals surface area contributed by atoms with E-state index in [0.717, 1.165) is 21.5 Å². The Morgan fingerprint density at radius 3 is 2.65 bits per heavy atom. The molecule has 26 heavy (non-hydrogen) atoms. The predicted octanol–water partition coefficient (Wildman–Crippen LogP) is 3.29. The van der Waals surface area contributed by atoms with E-state index < -0.39 is 0 Å². The maximum absolute atomic E-state index is 12.5. The smallest absolute Gasteiger partial charge is 0.357 e. The number of nitrogens with zero attached hydrogens (tertiary/aromatic N) is 4. The molecule has 0 spiro atoms. The molecule has 2 aromatic heterocycles. The highest BCUT2D eigenvalue weighted by atomic mass is 79.9. The maximum atomic E-state index is 12.5. The van der Waals surface area contributed by atoms with Gasteiger partial charge in [0.05, 0.1) is 18.8 Å². The predicted molar refractivity (Wildman–Crippen MR) is 102 cm³/mol. The maximum Gasteiger partial charge on any atom is 0.357 e. The van der Waals surface area contributed by atoms with Crippen molar-refractivity contribution in [1.82, 2.24) is 14.8 Å². The van der Waals surface area contributed by atoms with Gasteiger partial charge < -0.3 is 9.64 Å². The van der Waals surface area contributed by atoms with Crippen molar-refractivity contribution in [1.29, 1.82) is 0 Å². The van der Waals surface area contributed by atoms with E-state index in [1.807, 2.05) is 42.5 Å². The first-order valence-corrected chi connectivity index (χ1v) is 9.06. The average molecular weight is 413 g/mol. The van der Waals surface area contributed by atoms with Crippen LogP contribution in [0.2, 0.25) is 0 Å². The molecule has 0 bridgehead atoms. The summed E-state index contributed by atoms with van der Waals surface area (Å²) in [4.78, 5) is 18.9. The molecule has 1 fully saturated rings. The molecule has 6 nitrogen and oxygen atoms in total. The molecule has 3 heterocycles. The SMILES string of the molecule is Cn1nc(-c2ccccc2)cc1C(=O)OC1CN(c2ccc(Br)cn2)C1. The molecule has 1 aliphatic rings. The molecular formula is C19H17BrN4O2. The monoisotopic (exact) mass is 412 g/mol. The first kappa shape index (κ1) is 16.8. The fourth-order valence-corrected chi connectivity index (χ4v) is 3.11. The van der Waals surface area contributed by atoms with Gasteiger partial charge in [-0.25, -0.2) is 9.78 Å². The Labute approximate surface area is 159 Å². The van der Waals surface area contributed by atoms with Crippen LogP contribution in [0, 0.1) is 0 Å². The second-order valence-electron chi connectivity index (χ2n) is 6.17. The lowest BCUT2D eigenvalue weighted by Gasteiger charge is -2.39. The number of benzene rings is 1. The highest BCUT2D eigenvalue weighted by Crippen LogP contribution is 2.23. The van der Waals surface area contributed by atoms with Crippen molar-refractivity contribution in [2.24, 2.45) is 7.05 Å². The van der Waals surface area contributed by atoms with Crippen LogP contribution < -0.4 is 4.90 Å². The van der Waals surface area contributed by atoms with Crippen molar-refractivity contribution in [2.75, 3.05) is 18.0 Å². The second-order valence-corrected chi connectivity index (χ2v) is 7.09. The molecule has 4 rings (SSSR count).